The fourth-order valence-electron chi connectivity index (χ4n) is 0. The van der Waals surface area contributed by atoms with Crippen molar-refractivity contribution >= 4 is 27.9 Å². The van der Waals surface area contributed by atoms with Gasteiger partial charge < -0.3 is 0 Å². The summed E-state index contributed by atoms with van der Waals surface area (Å²) >= 11 is 0.925. The molecule has 0 radical (unpaired) electrons. The molecule has 0 amide bonds. The van der Waals surface area contributed by atoms with Crippen LogP contribution < -0.4 is 0 Å². The zero-order chi connectivity index (χ0) is 4.28. The molecule has 0 aromatic heterocycles. The zero-order valence-electron chi connectivity index (χ0n) is 3.73. The van der Waals surface area contributed by atoms with Crippen molar-refractivity contribution in [3.05, 3.63) is 0 Å². The van der Waals surface area contributed by atoms with Gasteiger partial charge in [-0.25, -0.2) is 0 Å². The maximum absolute atomic E-state index is 8.42. The van der Waals surface area contributed by atoms with E-state index < -0.39 is 0 Å². The van der Waals surface area contributed by atoms with Crippen molar-refractivity contribution in [3.8, 4) is 0 Å². The quantitative estimate of drug-likeness (QED) is 0.437. The van der Waals surface area contributed by atoms with Crippen molar-refractivity contribution in [1.29, 1.82) is 0 Å². The predicted molar refractivity (Wildman–Crippen MR) is 22.1 cm³/mol. The van der Waals surface area contributed by atoms with Gasteiger partial charge in [-0.05, 0) is 0 Å². The zero-order valence-corrected chi connectivity index (χ0v) is 5.73. The van der Waals surface area contributed by atoms with E-state index in [0.717, 1.165) is 34.4 Å². The van der Waals surface area contributed by atoms with Crippen LogP contribution in [-0.4, -0.2) is 36.4 Å². The molecule has 0 bridgehead atoms. The third kappa shape index (κ3) is 4.96. The SMILES string of the molecule is CC[CH](O)[Na]. The van der Waals surface area contributed by atoms with Gasteiger partial charge in [0, 0.05) is 0 Å². The molecule has 0 fully saturated rings. The number of hydrogen-bond acceptors (Lipinski definition) is 1. The summed E-state index contributed by atoms with van der Waals surface area (Å²) in [5, 5.41) is 8.42. The van der Waals surface area contributed by atoms with E-state index in [1.165, 1.54) is 0 Å². The number of aliphatic hydroxyl groups excluding tert-OH is 1. The van der Waals surface area contributed by atoms with Crippen molar-refractivity contribution in [2.24, 2.45) is 0 Å². The van der Waals surface area contributed by atoms with E-state index in [9.17, 15) is 0 Å². The monoisotopic (exact) mass is 82.0 g/mol. The van der Waals surface area contributed by atoms with E-state index in [4.69, 9.17) is 5.11 Å². The molecule has 0 aliphatic rings. The van der Waals surface area contributed by atoms with Crippen molar-refractivity contribution < 1.29 is 5.11 Å². The summed E-state index contributed by atoms with van der Waals surface area (Å²) in [6, 6.07) is 0. The minimum absolute atomic E-state index is 0.0231. The maximum atomic E-state index is 8.42. The molecule has 0 aliphatic carbocycles. The number of aliphatic hydroxyl groups is 1. The van der Waals surface area contributed by atoms with Gasteiger partial charge in [0.15, 0.2) is 0 Å². The summed E-state index contributed by atoms with van der Waals surface area (Å²) in [5.74, 6) is 0. The minimum atomic E-state index is 0.0231. The van der Waals surface area contributed by atoms with Gasteiger partial charge in [-0.2, -0.15) is 0 Å². The first-order valence-corrected chi connectivity index (χ1v) is 3.11. The molecule has 0 aliphatic heterocycles. The van der Waals surface area contributed by atoms with Crippen LogP contribution in [0.4, 0.5) is 0 Å². The normalized spacial score (nSPS) is 15.2. The van der Waals surface area contributed by atoms with Crippen LogP contribution >= 0.6 is 0 Å². The Morgan fingerprint density at radius 1 is 2.00 bits per heavy atom. The first-order valence-electron chi connectivity index (χ1n) is 1.95. The summed E-state index contributed by atoms with van der Waals surface area (Å²) in [5.41, 5.74) is 0. The van der Waals surface area contributed by atoms with E-state index in [2.05, 4.69) is 0 Å². The van der Waals surface area contributed by atoms with Crippen molar-refractivity contribution in [1.82, 2.24) is 0 Å². The second-order valence-electron chi connectivity index (χ2n) is 1.26. The fourth-order valence-corrected chi connectivity index (χ4v) is 0. The number of hydrogen-bond donors (Lipinski definition) is 1. The third-order valence-electron chi connectivity index (χ3n) is 0.591. The van der Waals surface area contributed by atoms with Gasteiger partial charge in [0.2, 0.25) is 0 Å². The Morgan fingerprint density at radius 2 is 2.20 bits per heavy atom. The van der Waals surface area contributed by atoms with Crippen molar-refractivity contribution in [2.45, 2.75) is 16.7 Å². The van der Waals surface area contributed by atoms with Gasteiger partial charge in [0.1, 0.15) is 0 Å². The Kier molecular flexibility index (Phi) is 3.77. The second kappa shape index (κ2) is 3.16. The molecule has 1 N–H and O–H groups in total. The van der Waals surface area contributed by atoms with E-state index in [0.29, 0.717) is 0 Å². The molecule has 5 heavy (non-hydrogen) atoms. The van der Waals surface area contributed by atoms with Gasteiger partial charge in [-0.3, -0.25) is 0 Å². The van der Waals surface area contributed by atoms with Gasteiger partial charge >= 0.3 is 49.7 Å². The van der Waals surface area contributed by atoms with Crippen LogP contribution in [0.2, 0.25) is 0 Å². The molecule has 0 aromatic carbocycles. The molecule has 26 valence electrons. The van der Waals surface area contributed by atoms with Gasteiger partial charge in [-0.1, -0.05) is 0 Å². The Balaban J connectivity index is 2.54. The Bertz CT molecular complexity index is 20.9. The molecule has 0 heterocycles. The fraction of sp³-hybridized carbons (Fsp3) is 1.00. The molecule has 1 unspecified atom stereocenters. The standard InChI is InChI=1S/C3H7O.Na/c1-2-3-4;/h3-4H,2H2,1H3;. The van der Waals surface area contributed by atoms with Gasteiger partial charge in [-0.15, -0.1) is 0 Å². The van der Waals surface area contributed by atoms with Gasteiger partial charge in [0.25, 0.3) is 0 Å². The molecule has 0 rings (SSSR count). The van der Waals surface area contributed by atoms with Gasteiger partial charge in [0.05, 0.1) is 0 Å². The van der Waals surface area contributed by atoms with Crippen LogP contribution in [0.1, 0.15) is 13.3 Å². The molecular weight excluding hydrogens is 75.0 g/mol. The first-order chi connectivity index (χ1) is 2.27. The molecule has 0 aromatic rings. The summed E-state index contributed by atoms with van der Waals surface area (Å²) in [4.78, 5) is 0. The second-order valence-corrected chi connectivity index (χ2v) is 2.59. The summed E-state index contributed by atoms with van der Waals surface area (Å²) in [6.07, 6.45) is 0.923. The van der Waals surface area contributed by atoms with E-state index >= 15 is 0 Å². The summed E-state index contributed by atoms with van der Waals surface area (Å²) < 4.78 is 0.0231. The topological polar surface area (TPSA) is 20.2 Å². The van der Waals surface area contributed by atoms with E-state index in [1.807, 2.05) is 6.92 Å². The molecule has 0 saturated carbocycles. The molecular formula is C3H7NaO. The van der Waals surface area contributed by atoms with Crippen molar-refractivity contribution in [3.63, 3.8) is 0 Å². The number of rotatable bonds is 1. The molecule has 0 saturated heterocycles. The first kappa shape index (κ1) is 5.96. The molecule has 1 atom stereocenters. The van der Waals surface area contributed by atoms with Crippen LogP contribution in [0, 0.1) is 0 Å². The molecule has 0 spiro atoms. The molecule has 2 heteroatoms. The Labute approximate surface area is 49.8 Å². The van der Waals surface area contributed by atoms with Crippen LogP contribution in [0.5, 0.6) is 0 Å². The van der Waals surface area contributed by atoms with Crippen LogP contribution in [0.15, 0.2) is 0 Å². The van der Waals surface area contributed by atoms with Crippen LogP contribution in [0.3, 0.4) is 0 Å². The Morgan fingerprint density at radius 3 is 2.20 bits per heavy atom. The average molecular weight is 82.1 g/mol. The average Bonchev–Trinajstić information content (AvgIpc) is 1.38. The third-order valence-corrected chi connectivity index (χ3v) is 1.41. The summed E-state index contributed by atoms with van der Waals surface area (Å²) in [6.45, 7) is 1.98. The van der Waals surface area contributed by atoms with E-state index in [1.54, 1.807) is 0 Å². The predicted octanol–water partition coefficient (Wildman–Crippen LogP) is -0.117. The van der Waals surface area contributed by atoms with Crippen LogP contribution in [0.25, 0.3) is 0 Å². The molecule has 1 nitrogen and oxygen atoms in total. The van der Waals surface area contributed by atoms with Crippen LogP contribution in [-0.2, 0) is 0 Å². The Hall–Kier alpha value is 0.960. The summed E-state index contributed by atoms with van der Waals surface area (Å²) in [7, 11) is 0. The van der Waals surface area contributed by atoms with Crippen molar-refractivity contribution in [2.75, 3.05) is 0 Å². The van der Waals surface area contributed by atoms with E-state index in [-0.39, 0.29) is 3.35 Å².